The summed E-state index contributed by atoms with van der Waals surface area (Å²) in [6, 6.07) is 7.47. The molecule has 0 saturated carbocycles. The minimum absolute atomic E-state index is 0.0546. The molecule has 0 saturated heterocycles. The second-order valence-electron chi connectivity index (χ2n) is 5.53. The predicted octanol–water partition coefficient (Wildman–Crippen LogP) is 2.20. The number of sulfonamides is 1. The normalized spacial score (nSPS) is 12.4. The van der Waals surface area contributed by atoms with Gasteiger partial charge in [0.2, 0.25) is 10.0 Å². The number of alkyl halides is 3. The Hall–Kier alpha value is -2.33. The van der Waals surface area contributed by atoms with E-state index in [1.165, 1.54) is 44.6 Å². The lowest BCUT2D eigenvalue weighted by Gasteiger charge is -2.13. The van der Waals surface area contributed by atoms with Crippen LogP contribution in [0.2, 0.25) is 0 Å². The topological polar surface area (TPSA) is 68.6 Å². The molecule has 0 amide bonds. The van der Waals surface area contributed by atoms with E-state index in [1.54, 1.807) is 0 Å². The summed E-state index contributed by atoms with van der Waals surface area (Å²) in [5, 5.41) is 0. The monoisotopic (exact) mass is 390 g/mol. The van der Waals surface area contributed by atoms with Gasteiger partial charge < -0.3 is 9.30 Å². The molecule has 0 fully saturated rings. The van der Waals surface area contributed by atoms with E-state index in [0.29, 0.717) is 5.75 Å². The molecule has 0 aliphatic rings. The average Bonchev–Trinajstić information content (AvgIpc) is 2.55. The minimum Gasteiger partial charge on any atom is -0.492 e. The molecule has 1 aromatic carbocycles. The lowest BCUT2D eigenvalue weighted by Crippen LogP contribution is -2.29. The molecular formula is C16H17F3N2O4S. The highest BCUT2D eigenvalue weighted by Crippen LogP contribution is 2.26. The maximum absolute atomic E-state index is 12.7. The van der Waals surface area contributed by atoms with Crippen LogP contribution >= 0.6 is 0 Å². The standard InChI is InChI=1S/C16H17F3N2O4S/c1-20(2)26(23,24)13-7-5-12(6-8-13)25-11-10-21-9-3-4-14(15(21)22)16(17,18)19/h3-9H,10-11H2,1-2H3. The number of halogens is 3. The molecule has 2 rings (SSSR count). The summed E-state index contributed by atoms with van der Waals surface area (Å²) in [5.41, 5.74) is -2.38. The van der Waals surface area contributed by atoms with E-state index in [-0.39, 0.29) is 18.0 Å². The molecule has 0 bridgehead atoms. The van der Waals surface area contributed by atoms with Crippen LogP contribution in [0.15, 0.2) is 52.3 Å². The number of pyridine rings is 1. The van der Waals surface area contributed by atoms with Gasteiger partial charge in [-0.1, -0.05) is 0 Å². The molecule has 0 atom stereocenters. The second-order valence-corrected chi connectivity index (χ2v) is 7.68. The lowest BCUT2D eigenvalue weighted by molar-refractivity contribution is -0.139. The number of rotatable bonds is 6. The number of benzene rings is 1. The first-order chi connectivity index (χ1) is 12.0. The Balaban J connectivity index is 2.04. The maximum atomic E-state index is 12.7. The zero-order valence-corrected chi connectivity index (χ0v) is 14.8. The van der Waals surface area contributed by atoms with E-state index in [1.807, 2.05) is 0 Å². The molecule has 1 aromatic heterocycles. The fourth-order valence-corrected chi connectivity index (χ4v) is 3.01. The Morgan fingerprint density at radius 2 is 1.73 bits per heavy atom. The Morgan fingerprint density at radius 1 is 1.12 bits per heavy atom. The highest BCUT2D eigenvalue weighted by molar-refractivity contribution is 7.89. The third kappa shape index (κ3) is 4.44. The fourth-order valence-electron chi connectivity index (χ4n) is 2.11. The number of hydrogen-bond acceptors (Lipinski definition) is 4. The largest absolute Gasteiger partial charge is 0.492 e. The van der Waals surface area contributed by atoms with Crippen molar-refractivity contribution in [2.75, 3.05) is 20.7 Å². The molecule has 0 N–H and O–H groups in total. The summed E-state index contributed by atoms with van der Waals surface area (Å²) in [6.07, 6.45) is -3.47. The van der Waals surface area contributed by atoms with Crippen molar-refractivity contribution < 1.29 is 26.3 Å². The zero-order chi connectivity index (χ0) is 19.5. The number of aromatic nitrogens is 1. The van der Waals surface area contributed by atoms with Gasteiger partial charge in [0.15, 0.2) is 0 Å². The van der Waals surface area contributed by atoms with Crippen LogP contribution in [0.4, 0.5) is 13.2 Å². The Bertz CT molecular complexity index is 920. The van der Waals surface area contributed by atoms with Crippen molar-refractivity contribution in [2.45, 2.75) is 17.6 Å². The van der Waals surface area contributed by atoms with Crippen molar-refractivity contribution in [2.24, 2.45) is 0 Å². The lowest BCUT2D eigenvalue weighted by atomic mass is 10.2. The SMILES string of the molecule is CN(C)S(=O)(=O)c1ccc(OCCn2cccc(C(F)(F)F)c2=O)cc1. The predicted molar refractivity (Wildman–Crippen MR) is 88.5 cm³/mol. The zero-order valence-electron chi connectivity index (χ0n) is 14.0. The van der Waals surface area contributed by atoms with Crippen molar-refractivity contribution in [3.05, 3.63) is 58.5 Å². The van der Waals surface area contributed by atoms with Gasteiger partial charge in [-0.2, -0.15) is 13.2 Å². The van der Waals surface area contributed by atoms with Gasteiger partial charge in [-0.15, -0.1) is 0 Å². The van der Waals surface area contributed by atoms with Gasteiger partial charge in [0.25, 0.3) is 5.56 Å². The number of hydrogen-bond donors (Lipinski definition) is 0. The van der Waals surface area contributed by atoms with Crippen LogP contribution in [0.1, 0.15) is 5.56 Å². The molecular weight excluding hydrogens is 373 g/mol. The first kappa shape index (κ1) is 20.0. The van der Waals surface area contributed by atoms with Crippen LogP contribution in [-0.2, 0) is 22.7 Å². The molecule has 0 spiro atoms. The highest BCUT2D eigenvalue weighted by Gasteiger charge is 2.34. The van der Waals surface area contributed by atoms with E-state index in [2.05, 4.69) is 0 Å². The quantitative estimate of drug-likeness (QED) is 0.758. The summed E-state index contributed by atoms with van der Waals surface area (Å²) < 4.78 is 69.4. The van der Waals surface area contributed by atoms with Crippen molar-refractivity contribution >= 4 is 10.0 Å². The van der Waals surface area contributed by atoms with Crippen molar-refractivity contribution in [3.63, 3.8) is 0 Å². The van der Waals surface area contributed by atoms with Crippen molar-refractivity contribution in [3.8, 4) is 5.75 Å². The first-order valence-corrected chi connectivity index (χ1v) is 8.89. The third-order valence-electron chi connectivity index (χ3n) is 3.53. The van der Waals surface area contributed by atoms with Crippen molar-refractivity contribution in [1.29, 1.82) is 0 Å². The Morgan fingerprint density at radius 3 is 2.27 bits per heavy atom. The third-order valence-corrected chi connectivity index (χ3v) is 5.36. The van der Waals surface area contributed by atoms with Crippen LogP contribution < -0.4 is 10.3 Å². The molecule has 0 aliphatic heterocycles. The Labute approximate surface area is 148 Å². The molecule has 0 unspecified atom stereocenters. The molecule has 26 heavy (non-hydrogen) atoms. The van der Waals surface area contributed by atoms with Crippen LogP contribution in [0.25, 0.3) is 0 Å². The molecule has 10 heteroatoms. The summed E-state index contributed by atoms with van der Waals surface area (Å²) in [7, 11) is -0.737. The van der Waals surface area contributed by atoms with Gasteiger partial charge in [-0.25, -0.2) is 12.7 Å². The van der Waals surface area contributed by atoms with Gasteiger partial charge >= 0.3 is 6.18 Å². The van der Waals surface area contributed by atoms with Crippen LogP contribution in [-0.4, -0.2) is 38.0 Å². The minimum atomic E-state index is -4.71. The van der Waals surface area contributed by atoms with Crippen LogP contribution in [0, 0.1) is 0 Å². The highest BCUT2D eigenvalue weighted by atomic mass is 32.2. The molecule has 142 valence electrons. The number of ether oxygens (including phenoxy) is 1. The average molecular weight is 390 g/mol. The van der Waals surface area contributed by atoms with Gasteiger partial charge in [0.1, 0.15) is 17.9 Å². The van der Waals surface area contributed by atoms with Gasteiger partial charge in [-0.3, -0.25) is 4.79 Å². The first-order valence-electron chi connectivity index (χ1n) is 7.45. The van der Waals surface area contributed by atoms with Crippen molar-refractivity contribution in [1.82, 2.24) is 8.87 Å². The van der Waals surface area contributed by atoms with Crippen LogP contribution in [0.5, 0.6) is 5.75 Å². The summed E-state index contributed by atoms with van der Waals surface area (Å²) in [6.45, 7) is -0.137. The van der Waals surface area contributed by atoms with Gasteiger partial charge in [0.05, 0.1) is 11.4 Å². The van der Waals surface area contributed by atoms with E-state index < -0.39 is 27.3 Å². The molecule has 6 nitrogen and oxygen atoms in total. The van der Waals surface area contributed by atoms with E-state index in [0.717, 1.165) is 21.0 Å². The fraction of sp³-hybridized carbons (Fsp3) is 0.312. The molecule has 1 heterocycles. The molecule has 2 aromatic rings. The summed E-state index contributed by atoms with van der Waals surface area (Å²) in [5.74, 6) is 0.336. The van der Waals surface area contributed by atoms with E-state index in [9.17, 15) is 26.4 Å². The summed E-state index contributed by atoms with van der Waals surface area (Å²) >= 11 is 0. The van der Waals surface area contributed by atoms with E-state index in [4.69, 9.17) is 4.74 Å². The van der Waals surface area contributed by atoms with Gasteiger partial charge in [0, 0.05) is 20.3 Å². The number of nitrogens with zero attached hydrogens (tertiary/aromatic N) is 2. The summed E-state index contributed by atoms with van der Waals surface area (Å²) in [4.78, 5) is 11.9. The smallest absolute Gasteiger partial charge is 0.421 e. The van der Waals surface area contributed by atoms with Crippen LogP contribution in [0.3, 0.4) is 0 Å². The molecule has 0 radical (unpaired) electrons. The van der Waals surface area contributed by atoms with E-state index >= 15 is 0 Å². The second kappa shape index (κ2) is 7.50. The Kier molecular flexibility index (Phi) is 5.77. The molecule has 0 aliphatic carbocycles. The maximum Gasteiger partial charge on any atom is 0.421 e. The van der Waals surface area contributed by atoms with Gasteiger partial charge in [-0.05, 0) is 36.4 Å².